The zero-order chi connectivity index (χ0) is 16.8. The van der Waals surface area contributed by atoms with Crippen LogP contribution in [0.1, 0.15) is 17.7 Å². The van der Waals surface area contributed by atoms with Gasteiger partial charge in [-0.1, -0.05) is 6.07 Å². The molecule has 24 heavy (non-hydrogen) atoms. The first-order chi connectivity index (χ1) is 11.8. The summed E-state index contributed by atoms with van der Waals surface area (Å²) in [5.74, 6) is 0.801. The summed E-state index contributed by atoms with van der Waals surface area (Å²) < 4.78 is 5.14. The fourth-order valence-electron chi connectivity index (χ4n) is 2.84. The number of hydrogen-bond acceptors (Lipinski definition) is 5. The van der Waals surface area contributed by atoms with E-state index in [0.717, 1.165) is 48.8 Å². The Kier molecular flexibility index (Phi) is 5.63. The molecule has 0 saturated carbocycles. The number of aromatic amines is 1. The second-order valence-electron chi connectivity index (χ2n) is 5.68. The van der Waals surface area contributed by atoms with Gasteiger partial charge in [-0.2, -0.15) is 11.8 Å². The van der Waals surface area contributed by atoms with E-state index in [0.29, 0.717) is 6.61 Å². The summed E-state index contributed by atoms with van der Waals surface area (Å²) in [6.07, 6.45) is 7.38. The van der Waals surface area contributed by atoms with Gasteiger partial charge in [-0.15, -0.1) is 0 Å². The fraction of sp³-hybridized carbons (Fsp3) is 0.412. The zero-order valence-electron chi connectivity index (χ0n) is 13.7. The summed E-state index contributed by atoms with van der Waals surface area (Å²) in [6, 6.07) is 6.05. The van der Waals surface area contributed by atoms with Crippen LogP contribution in [0.5, 0.6) is 0 Å². The standard InChI is InChI=1S/C17H22N4O2S/c1-24-8-7-23-17(22)20-14-5-4-13-3-2-6-21(16(13)9-14)11-15-10-18-12-19-15/h4-5,9-10,12H,2-3,6-8,11H2,1H3,(H,18,19)(H,20,22). The largest absolute Gasteiger partial charge is 0.448 e. The highest BCUT2D eigenvalue weighted by molar-refractivity contribution is 7.98. The van der Waals surface area contributed by atoms with Gasteiger partial charge in [-0.05, 0) is 36.8 Å². The highest BCUT2D eigenvalue weighted by Gasteiger charge is 2.18. The van der Waals surface area contributed by atoms with Crippen LogP contribution in [0.15, 0.2) is 30.7 Å². The van der Waals surface area contributed by atoms with Crippen LogP contribution in [-0.2, 0) is 17.7 Å². The fourth-order valence-corrected chi connectivity index (χ4v) is 3.09. The second-order valence-corrected chi connectivity index (χ2v) is 6.67. The predicted octanol–water partition coefficient (Wildman–Crippen LogP) is 3.27. The first kappa shape index (κ1) is 16.7. The summed E-state index contributed by atoms with van der Waals surface area (Å²) in [5, 5.41) is 2.81. The molecule has 2 aromatic rings. The Morgan fingerprint density at radius 3 is 3.21 bits per heavy atom. The van der Waals surface area contributed by atoms with E-state index in [9.17, 15) is 4.79 Å². The number of nitrogens with one attached hydrogen (secondary N) is 2. The molecule has 0 radical (unpaired) electrons. The summed E-state index contributed by atoms with van der Waals surface area (Å²) in [5.41, 5.74) is 4.23. The van der Waals surface area contributed by atoms with Crippen molar-refractivity contribution >= 4 is 29.2 Å². The monoisotopic (exact) mass is 346 g/mol. The highest BCUT2D eigenvalue weighted by atomic mass is 32.2. The number of benzene rings is 1. The molecule has 7 heteroatoms. The second kappa shape index (κ2) is 8.10. The van der Waals surface area contributed by atoms with Crippen molar-refractivity contribution in [3.05, 3.63) is 42.0 Å². The number of H-pyrrole nitrogens is 1. The number of aromatic nitrogens is 2. The average Bonchev–Trinajstić information content (AvgIpc) is 3.09. The van der Waals surface area contributed by atoms with Gasteiger partial charge >= 0.3 is 6.09 Å². The number of anilines is 2. The predicted molar refractivity (Wildman–Crippen MR) is 97.8 cm³/mol. The Morgan fingerprint density at radius 2 is 2.42 bits per heavy atom. The molecule has 128 valence electrons. The number of rotatable bonds is 6. The van der Waals surface area contributed by atoms with E-state index in [-0.39, 0.29) is 0 Å². The molecule has 0 fully saturated rings. The molecule has 0 atom stereocenters. The molecule has 2 heterocycles. The average molecular weight is 346 g/mol. The lowest BCUT2D eigenvalue weighted by Gasteiger charge is -2.31. The molecule has 1 aromatic heterocycles. The molecule has 6 nitrogen and oxygen atoms in total. The Morgan fingerprint density at radius 1 is 1.50 bits per heavy atom. The van der Waals surface area contributed by atoms with Crippen LogP contribution in [0, 0.1) is 0 Å². The van der Waals surface area contributed by atoms with Crippen LogP contribution in [-0.4, -0.2) is 41.2 Å². The summed E-state index contributed by atoms with van der Waals surface area (Å²) >= 11 is 1.65. The molecule has 0 aliphatic carbocycles. The smallest absolute Gasteiger partial charge is 0.411 e. The molecular formula is C17H22N4O2S. The van der Waals surface area contributed by atoms with E-state index in [1.165, 1.54) is 5.56 Å². The number of nitrogens with zero attached hydrogens (tertiary/aromatic N) is 2. The molecule has 0 saturated heterocycles. The van der Waals surface area contributed by atoms with Crippen LogP contribution in [0.2, 0.25) is 0 Å². The third-order valence-corrected chi connectivity index (χ3v) is 4.55. The van der Waals surface area contributed by atoms with Crippen LogP contribution in [0.4, 0.5) is 16.2 Å². The Hall–Kier alpha value is -2.15. The minimum absolute atomic E-state index is 0.404. The third-order valence-electron chi connectivity index (χ3n) is 3.97. The molecule has 1 aliphatic heterocycles. The van der Waals surface area contributed by atoms with E-state index < -0.39 is 6.09 Å². The number of thioether (sulfide) groups is 1. The van der Waals surface area contributed by atoms with Gasteiger partial charge in [0, 0.05) is 29.9 Å². The van der Waals surface area contributed by atoms with Crippen molar-refractivity contribution in [3.8, 4) is 0 Å². The highest BCUT2D eigenvalue weighted by Crippen LogP contribution is 2.31. The Labute approximate surface area is 146 Å². The quantitative estimate of drug-likeness (QED) is 0.786. The van der Waals surface area contributed by atoms with E-state index in [1.54, 1.807) is 18.1 Å². The maximum absolute atomic E-state index is 11.8. The lowest BCUT2D eigenvalue weighted by Crippen LogP contribution is -2.29. The molecule has 1 amide bonds. The maximum Gasteiger partial charge on any atom is 0.411 e. The molecule has 1 aromatic carbocycles. The number of amides is 1. The van der Waals surface area contributed by atoms with Crippen LogP contribution < -0.4 is 10.2 Å². The van der Waals surface area contributed by atoms with Crippen LogP contribution in [0.25, 0.3) is 0 Å². The minimum Gasteiger partial charge on any atom is -0.448 e. The summed E-state index contributed by atoms with van der Waals surface area (Å²) in [4.78, 5) is 21.4. The number of imidazole rings is 1. The van der Waals surface area contributed by atoms with E-state index >= 15 is 0 Å². The molecular weight excluding hydrogens is 324 g/mol. The van der Waals surface area contributed by atoms with Crippen molar-refractivity contribution in [1.82, 2.24) is 9.97 Å². The number of hydrogen-bond donors (Lipinski definition) is 2. The number of aryl methyl sites for hydroxylation is 1. The minimum atomic E-state index is -0.404. The van der Waals surface area contributed by atoms with Crippen LogP contribution >= 0.6 is 11.8 Å². The zero-order valence-corrected chi connectivity index (χ0v) is 14.6. The lowest BCUT2D eigenvalue weighted by atomic mass is 10.0. The van der Waals surface area contributed by atoms with Crippen molar-refractivity contribution in [2.45, 2.75) is 19.4 Å². The van der Waals surface area contributed by atoms with Gasteiger partial charge in [0.1, 0.15) is 6.61 Å². The van der Waals surface area contributed by atoms with Gasteiger partial charge in [0.05, 0.1) is 18.6 Å². The topological polar surface area (TPSA) is 70.2 Å². The number of carbonyl (C=O) groups is 1. The van der Waals surface area contributed by atoms with Crippen molar-refractivity contribution in [2.75, 3.05) is 35.4 Å². The number of fused-ring (bicyclic) bond motifs is 1. The first-order valence-corrected chi connectivity index (χ1v) is 9.44. The number of ether oxygens (including phenoxy) is 1. The molecule has 0 spiro atoms. The van der Waals surface area contributed by atoms with Crippen molar-refractivity contribution < 1.29 is 9.53 Å². The van der Waals surface area contributed by atoms with E-state index in [2.05, 4.69) is 26.3 Å². The molecule has 2 N–H and O–H groups in total. The Balaban J connectivity index is 1.69. The first-order valence-electron chi connectivity index (χ1n) is 8.04. The molecule has 3 rings (SSSR count). The molecule has 0 bridgehead atoms. The van der Waals surface area contributed by atoms with Gasteiger partial charge in [0.15, 0.2) is 0 Å². The van der Waals surface area contributed by atoms with Gasteiger partial charge < -0.3 is 14.6 Å². The third kappa shape index (κ3) is 4.23. The maximum atomic E-state index is 11.8. The van der Waals surface area contributed by atoms with E-state index in [1.807, 2.05) is 24.6 Å². The summed E-state index contributed by atoms with van der Waals surface area (Å²) in [7, 11) is 0. The van der Waals surface area contributed by atoms with Gasteiger partial charge in [0.25, 0.3) is 0 Å². The van der Waals surface area contributed by atoms with Crippen molar-refractivity contribution in [1.29, 1.82) is 0 Å². The van der Waals surface area contributed by atoms with Gasteiger partial charge in [-0.25, -0.2) is 9.78 Å². The SMILES string of the molecule is CSCCOC(=O)Nc1ccc2c(c1)N(Cc1c[nH]cn1)CCC2. The molecule has 1 aliphatic rings. The van der Waals surface area contributed by atoms with Gasteiger partial charge in [-0.3, -0.25) is 5.32 Å². The number of carbonyl (C=O) groups excluding carboxylic acids is 1. The normalized spacial score (nSPS) is 13.5. The Bertz CT molecular complexity index is 675. The molecule has 0 unspecified atom stereocenters. The van der Waals surface area contributed by atoms with Crippen molar-refractivity contribution in [3.63, 3.8) is 0 Å². The van der Waals surface area contributed by atoms with Crippen LogP contribution in [0.3, 0.4) is 0 Å². The van der Waals surface area contributed by atoms with E-state index in [4.69, 9.17) is 4.74 Å². The summed E-state index contributed by atoms with van der Waals surface area (Å²) in [6.45, 7) is 2.17. The van der Waals surface area contributed by atoms with Gasteiger partial charge in [0.2, 0.25) is 0 Å². The lowest BCUT2D eigenvalue weighted by molar-refractivity contribution is 0.169. The van der Waals surface area contributed by atoms with Crippen molar-refractivity contribution in [2.24, 2.45) is 0 Å².